The summed E-state index contributed by atoms with van der Waals surface area (Å²) >= 11 is 0. The SMILES string of the molecule is CCCCCCCCCCCC(=O)C(C)(C(=O)CCCCCCCCCCC)C(CO)(CO)CO. The molecule has 0 amide bonds. The van der Waals surface area contributed by atoms with E-state index >= 15 is 0 Å². The average molecular weight is 499 g/mol. The summed E-state index contributed by atoms with van der Waals surface area (Å²) in [5.41, 5.74) is -3.09. The van der Waals surface area contributed by atoms with E-state index in [2.05, 4.69) is 13.8 Å². The number of unbranched alkanes of at least 4 members (excludes halogenated alkanes) is 16. The minimum Gasteiger partial charge on any atom is -0.396 e. The van der Waals surface area contributed by atoms with E-state index in [0.717, 1.165) is 25.7 Å². The Morgan fingerprint density at radius 1 is 0.486 bits per heavy atom. The molecule has 0 radical (unpaired) electrons. The zero-order valence-electron chi connectivity index (χ0n) is 23.4. The van der Waals surface area contributed by atoms with Gasteiger partial charge in [-0.15, -0.1) is 0 Å². The number of carbonyl (C=O) groups excluding carboxylic acids is 2. The van der Waals surface area contributed by atoms with Crippen LogP contribution in [0.3, 0.4) is 0 Å². The molecule has 0 bridgehead atoms. The molecule has 0 aliphatic heterocycles. The molecule has 0 aromatic heterocycles. The summed E-state index contributed by atoms with van der Waals surface area (Å²) in [4.78, 5) is 26.7. The van der Waals surface area contributed by atoms with E-state index in [9.17, 15) is 24.9 Å². The van der Waals surface area contributed by atoms with Gasteiger partial charge in [0, 0.05) is 12.8 Å². The van der Waals surface area contributed by atoms with Crippen LogP contribution >= 0.6 is 0 Å². The molecule has 0 heterocycles. The van der Waals surface area contributed by atoms with Crippen molar-refractivity contribution in [3.05, 3.63) is 0 Å². The van der Waals surface area contributed by atoms with E-state index in [1.807, 2.05) is 0 Å². The molecule has 0 fully saturated rings. The van der Waals surface area contributed by atoms with Crippen molar-refractivity contribution in [2.24, 2.45) is 10.8 Å². The third-order valence-electron chi connectivity index (χ3n) is 8.10. The van der Waals surface area contributed by atoms with E-state index in [0.29, 0.717) is 12.8 Å². The van der Waals surface area contributed by atoms with Gasteiger partial charge in [-0.25, -0.2) is 0 Å². The second kappa shape index (κ2) is 21.3. The molecule has 0 atom stereocenters. The smallest absolute Gasteiger partial charge is 0.146 e. The maximum absolute atomic E-state index is 13.3. The van der Waals surface area contributed by atoms with Gasteiger partial charge in [-0.2, -0.15) is 0 Å². The Kier molecular flexibility index (Phi) is 20.8. The van der Waals surface area contributed by atoms with Gasteiger partial charge in [-0.3, -0.25) is 9.59 Å². The molecule has 0 spiro atoms. The van der Waals surface area contributed by atoms with E-state index < -0.39 is 30.7 Å². The highest BCUT2D eigenvalue weighted by Crippen LogP contribution is 2.43. The number of hydrogen-bond donors (Lipinski definition) is 3. The first-order valence-electron chi connectivity index (χ1n) is 14.8. The highest BCUT2D eigenvalue weighted by atomic mass is 16.3. The van der Waals surface area contributed by atoms with E-state index in [1.165, 1.54) is 77.0 Å². The number of hydrogen-bond acceptors (Lipinski definition) is 5. The Balaban J connectivity index is 4.72. The molecule has 35 heavy (non-hydrogen) atoms. The Hall–Kier alpha value is -0.780. The first-order chi connectivity index (χ1) is 16.9. The maximum atomic E-state index is 13.3. The summed E-state index contributed by atoms with van der Waals surface area (Å²) in [7, 11) is 0. The van der Waals surface area contributed by atoms with Gasteiger partial charge in [0.25, 0.3) is 0 Å². The molecule has 5 nitrogen and oxygen atoms in total. The van der Waals surface area contributed by atoms with Crippen molar-refractivity contribution in [1.82, 2.24) is 0 Å². The van der Waals surface area contributed by atoms with Crippen LogP contribution in [0, 0.1) is 10.8 Å². The number of Topliss-reactive ketones (excluding diaryl/α,β-unsaturated/α-hetero) is 2. The zero-order chi connectivity index (χ0) is 26.4. The van der Waals surface area contributed by atoms with Crippen molar-refractivity contribution in [2.75, 3.05) is 19.8 Å². The largest absolute Gasteiger partial charge is 0.396 e. The van der Waals surface area contributed by atoms with Crippen LogP contribution in [-0.4, -0.2) is 46.7 Å². The van der Waals surface area contributed by atoms with Crippen molar-refractivity contribution in [2.45, 2.75) is 149 Å². The Bertz CT molecular complexity index is 485. The topological polar surface area (TPSA) is 94.8 Å². The van der Waals surface area contributed by atoms with Gasteiger partial charge >= 0.3 is 0 Å². The number of aliphatic hydroxyl groups excluding tert-OH is 3. The fraction of sp³-hybridized carbons (Fsp3) is 0.933. The van der Waals surface area contributed by atoms with E-state index in [4.69, 9.17) is 0 Å². The lowest BCUT2D eigenvalue weighted by atomic mass is 9.59. The third kappa shape index (κ3) is 12.3. The molecule has 0 aromatic rings. The van der Waals surface area contributed by atoms with E-state index in [1.54, 1.807) is 6.92 Å². The first kappa shape index (κ1) is 34.2. The lowest BCUT2D eigenvalue weighted by Gasteiger charge is -2.43. The van der Waals surface area contributed by atoms with E-state index in [-0.39, 0.29) is 24.4 Å². The molecule has 0 rings (SSSR count). The average Bonchev–Trinajstić information content (AvgIpc) is 2.87. The second-order valence-corrected chi connectivity index (χ2v) is 10.9. The van der Waals surface area contributed by atoms with Crippen molar-refractivity contribution in [1.29, 1.82) is 0 Å². The van der Waals surface area contributed by atoms with Crippen molar-refractivity contribution in [3.63, 3.8) is 0 Å². The van der Waals surface area contributed by atoms with Crippen molar-refractivity contribution >= 4 is 11.6 Å². The molecule has 0 saturated heterocycles. The minimum absolute atomic E-state index is 0.248. The fourth-order valence-corrected chi connectivity index (χ4v) is 5.06. The lowest BCUT2D eigenvalue weighted by molar-refractivity contribution is -0.161. The molecular formula is C30H58O5. The summed E-state index contributed by atoms with van der Waals surface area (Å²) in [6.45, 7) is 4.19. The third-order valence-corrected chi connectivity index (χ3v) is 8.10. The Morgan fingerprint density at radius 2 is 0.743 bits per heavy atom. The van der Waals surface area contributed by atoms with Crippen LogP contribution in [-0.2, 0) is 9.59 Å². The fourth-order valence-electron chi connectivity index (χ4n) is 5.06. The van der Waals surface area contributed by atoms with Gasteiger partial charge in [0.05, 0.1) is 30.7 Å². The summed E-state index contributed by atoms with van der Waals surface area (Å²) in [5.74, 6) is -0.503. The standard InChI is InChI=1S/C30H58O5/c1-4-6-8-10-12-14-16-18-20-22-27(34)29(3,30(24-31,25-32)26-33)28(35)23-21-19-17-15-13-11-9-7-5-2/h31-33H,4-26H2,1-3H3. The van der Waals surface area contributed by atoms with Gasteiger partial charge < -0.3 is 15.3 Å². The minimum atomic E-state index is -1.56. The van der Waals surface area contributed by atoms with Crippen LogP contribution in [0.2, 0.25) is 0 Å². The molecule has 3 N–H and O–H groups in total. The highest BCUT2D eigenvalue weighted by molar-refractivity contribution is 6.07. The molecule has 0 aromatic carbocycles. The van der Waals surface area contributed by atoms with Crippen LogP contribution in [0.1, 0.15) is 149 Å². The number of aliphatic hydroxyl groups is 3. The summed E-state index contributed by atoms with van der Waals surface area (Å²) in [5, 5.41) is 30.1. The van der Waals surface area contributed by atoms with Gasteiger partial charge in [-0.05, 0) is 19.8 Å². The number of carbonyl (C=O) groups is 2. The highest BCUT2D eigenvalue weighted by Gasteiger charge is 2.56. The van der Waals surface area contributed by atoms with Crippen LogP contribution in [0.4, 0.5) is 0 Å². The molecular weight excluding hydrogens is 440 g/mol. The van der Waals surface area contributed by atoms with Gasteiger partial charge in [0.2, 0.25) is 0 Å². The summed E-state index contributed by atoms with van der Waals surface area (Å²) in [6.07, 6.45) is 20.9. The summed E-state index contributed by atoms with van der Waals surface area (Å²) < 4.78 is 0. The van der Waals surface area contributed by atoms with Gasteiger partial charge in [-0.1, -0.05) is 117 Å². The lowest BCUT2D eigenvalue weighted by Crippen LogP contribution is -2.57. The molecule has 0 unspecified atom stereocenters. The molecule has 0 aliphatic rings. The molecule has 208 valence electrons. The van der Waals surface area contributed by atoms with Crippen LogP contribution in [0.25, 0.3) is 0 Å². The first-order valence-corrected chi connectivity index (χ1v) is 14.8. The maximum Gasteiger partial charge on any atom is 0.146 e. The monoisotopic (exact) mass is 498 g/mol. The van der Waals surface area contributed by atoms with Crippen LogP contribution in [0.5, 0.6) is 0 Å². The Morgan fingerprint density at radius 3 is 1.00 bits per heavy atom. The zero-order valence-corrected chi connectivity index (χ0v) is 23.4. The van der Waals surface area contributed by atoms with Gasteiger partial charge in [0.1, 0.15) is 11.6 Å². The Labute approximate surface area is 216 Å². The predicted molar refractivity (Wildman–Crippen MR) is 145 cm³/mol. The second-order valence-electron chi connectivity index (χ2n) is 10.9. The number of rotatable bonds is 26. The quantitative estimate of drug-likeness (QED) is 0.0887. The van der Waals surface area contributed by atoms with Crippen LogP contribution in [0.15, 0.2) is 0 Å². The van der Waals surface area contributed by atoms with Gasteiger partial charge in [0.15, 0.2) is 0 Å². The predicted octanol–water partition coefficient (Wildman–Crippen LogP) is 6.94. The molecule has 0 saturated carbocycles. The van der Waals surface area contributed by atoms with Crippen molar-refractivity contribution in [3.8, 4) is 0 Å². The van der Waals surface area contributed by atoms with Crippen LogP contribution < -0.4 is 0 Å². The summed E-state index contributed by atoms with van der Waals surface area (Å²) in [6, 6.07) is 0. The normalized spacial score (nSPS) is 12.3. The molecule has 0 aliphatic carbocycles. The van der Waals surface area contributed by atoms with Crippen molar-refractivity contribution < 1.29 is 24.9 Å². The number of ketones is 2. The molecule has 5 heteroatoms.